The van der Waals surface area contributed by atoms with E-state index in [9.17, 15) is 14.0 Å². The molecule has 6 nitrogen and oxygen atoms in total. The number of benzene rings is 3. The minimum absolute atomic E-state index is 0.0602. The molecule has 1 aliphatic heterocycles. The van der Waals surface area contributed by atoms with Gasteiger partial charge in [0, 0.05) is 25.3 Å². The molecular formula is C29H29FN4O2. The Morgan fingerprint density at radius 2 is 1.69 bits per heavy atom. The van der Waals surface area contributed by atoms with Crippen LogP contribution in [0.25, 0.3) is 0 Å². The number of carbonyl (C=O) groups excluding carboxylic acids is 2. The van der Waals surface area contributed by atoms with Crippen molar-refractivity contribution in [2.24, 2.45) is 0 Å². The smallest absolute Gasteiger partial charge is 0.241 e. The van der Waals surface area contributed by atoms with E-state index in [0.717, 1.165) is 22.4 Å². The van der Waals surface area contributed by atoms with Crippen LogP contribution >= 0.6 is 0 Å². The summed E-state index contributed by atoms with van der Waals surface area (Å²) in [6.45, 7) is 1.25. The lowest BCUT2D eigenvalue weighted by atomic mass is 9.93. The minimum Gasteiger partial charge on any atom is -0.354 e. The van der Waals surface area contributed by atoms with Crippen molar-refractivity contribution in [2.45, 2.75) is 31.8 Å². The summed E-state index contributed by atoms with van der Waals surface area (Å²) < 4.78 is 13.2. The van der Waals surface area contributed by atoms with Gasteiger partial charge in [-0.2, -0.15) is 5.26 Å². The van der Waals surface area contributed by atoms with Gasteiger partial charge in [-0.15, -0.1) is 0 Å². The van der Waals surface area contributed by atoms with E-state index in [1.165, 1.54) is 12.1 Å². The number of hydrogen-bond donors (Lipinski definition) is 1. The largest absolute Gasteiger partial charge is 0.354 e. The maximum absolute atomic E-state index is 13.4. The van der Waals surface area contributed by atoms with Crippen molar-refractivity contribution in [1.29, 1.82) is 5.26 Å². The first kappa shape index (κ1) is 25.1. The molecule has 1 heterocycles. The fourth-order valence-corrected chi connectivity index (χ4v) is 4.53. The van der Waals surface area contributed by atoms with E-state index in [2.05, 4.69) is 11.4 Å². The van der Waals surface area contributed by atoms with Crippen LogP contribution in [0.1, 0.15) is 23.1 Å². The fraction of sp³-hybridized carbons (Fsp3) is 0.276. The van der Waals surface area contributed by atoms with Crippen molar-refractivity contribution in [3.63, 3.8) is 0 Å². The SMILES string of the molecule is N#CCCN(C(=O)CN1Cc2ccccc2CC1C(=O)NCCc1ccc(F)cc1)c1ccccc1. The third-order valence-electron chi connectivity index (χ3n) is 6.43. The van der Waals surface area contributed by atoms with Gasteiger partial charge in [0.25, 0.3) is 0 Å². The third-order valence-corrected chi connectivity index (χ3v) is 6.43. The Kier molecular flexibility index (Phi) is 8.43. The number of nitriles is 1. The highest BCUT2D eigenvalue weighted by Gasteiger charge is 2.33. The Balaban J connectivity index is 1.48. The standard InChI is InChI=1S/C29H29FN4O2/c30-25-13-11-22(12-14-25)15-17-32-29(36)27-19-23-7-4-5-8-24(23)20-33(27)21-28(35)34(18-6-16-31)26-9-2-1-3-10-26/h1-5,7-14,27H,6,15,17-21H2,(H,32,36). The quantitative estimate of drug-likeness (QED) is 0.501. The predicted octanol–water partition coefficient (Wildman–Crippen LogP) is 3.86. The van der Waals surface area contributed by atoms with E-state index in [1.807, 2.05) is 59.5 Å². The molecule has 1 N–H and O–H groups in total. The van der Waals surface area contributed by atoms with Gasteiger partial charge in [-0.3, -0.25) is 14.5 Å². The molecule has 2 amide bonds. The summed E-state index contributed by atoms with van der Waals surface area (Å²) in [7, 11) is 0. The molecule has 36 heavy (non-hydrogen) atoms. The van der Waals surface area contributed by atoms with Gasteiger partial charge in [0.1, 0.15) is 5.82 Å². The van der Waals surface area contributed by atoms with Gasteiger partial charge in [0.15, 0.2) is 0 Å². The highest BCUT2D eigenvalue weighted by Crippen LogP contribution is 2.24. The number of halogens is 1. The summed E-state index contributed by atoms with van der Waals surface area (Å²) in [5.74, 6) is -0.578. The monoisotopic (exact) mass is 484 g/mol. The van der Waals surface area contributed by atoms with Crippen LogP contribution in [-0.2, 0) is 29.0 Å². The van der Waals surface area contributed by atoms with Crippen LogP contribution in [0.5, 0.6) is 0 Å². The molecule has 0 saturated carbocycles. The molecule has 184 valence electrons. The summed E-state index contributed by atoms with van der Waals surface area (Å²) in [6.07, 6.45) is 1.32. The Morgan fingerprint density at radius 3 is 2.42 bits per heavy atom. The Hall–Kier alpha value is -4.02. The number of anilines is 1. The number of nitrogens with one attached hydrogen (secondary N) is 1. The van der Waals surface area contributed by atoms with Gasteiger partial charge in [0.05, 0.1) is 25.1 Å². The number of carbonyl (C=O) groups is 2. The van der Waals surface area contributed by atoms with Crippen LogP contribution in [0.15, 0.2) is 78.9 Å². The number of hydrogen-bond acceptors (Lipinski definition) is 4. The second-order valence-electron chi connectivity index (χ2n) is 8.85. The van der Waals surface area contributed by atoms with Gasteiger partial charge < -0.3 is 10.2 Å². The summed E-state index contributed by atoms with van der Waals surface area (Å²) in [5, 5.41) is 12.1. The molecule has 0 radical (unpaired) electrons. The first-order valence-corrected chi connectivity index (χ1v) is 12.1. The fourth-order valence-electron chi connectivity index (χ4n) is 4.53. The number of para-hydroxylation sites is 1. The number of amides is 2. The molecule has 1 unspecified atom stereocenters. The molecule has 3 aromatic rings. The molecular weight excluding hydrogens is 455 g/mol. The van der Waals surface area contributed by atoms with Crippen molar-refractivity contribution in [3.8, 4) is 6.07 Å². The average molecular weight is 485 g/mol. The highest BCUT2D eigenvalue weighted by atomic mass is 19.1. The number of rotatable bonds is 9. The minimum atomic E-state index is -0.495. The molecule has 7 heteroatoms. The molecule has 0 fully saturated rings. The van der Waals surface area contributed by atoms with Crippen LogP contribution < -0.4 is 10.2 Å². The zero-order chi connectivity index (χ0) is 25.3. The lowest BCUT2D eigenvalue weighted by molar-refractivity contribution is -0.129. The highest BCUT2D eigenvalue weighted by molar-refractivity contribution is 5.95. The lowest BCUT2D eigenvalue weighted by Gasteiger charge is -2.36. The lowest BCUT2D eigenvalue weighted by Crippen LogP contribution is -2.53. The van der Waals surface area contributed by atoms with Crippen molar-refractivity contribution in [1.82, 2.24) is 10.2 Å². The van der Waals surface area contributed by atoms with Crippen LogP contribution in [0.2, 0.25) is 0 Å². The van der Waals surface area contributed by atoms with Gasteiger partial charge in [-0.25, -0.2) is 4.39 Å². The zero-order valence-corrected chi connectivity index (χ0v) is 20.1. The third kappa shape index (κ3) is 6.35. The van der Waals surface area contributed by atoms with Crippen molar-refractivity contribution >= 4 is 17.5 Å². The molecule has 1 atom stereocenters. The number of nitrogens with zero attached hydrogens (tertiary/aromatic N) is 3. The topological polar surface area (TPSA) is 76.4 Å². The van der Waals surface area contributed by atoms with Gasteiger partial charge in [0.2, 0.25) is 11.8 Å². The predicted molar refractivity (Wildman–Crippen MR) is 136 cm³/mol. The van der Waals surface area contributed by atoms with E-state index < -0.39 is 6.04 Å². The molecule has 0 spiro atoms. The van der Waals surface area contributed by atoms with Crippen LogP contribution in [0.4, 0.5) is 10.1 Å². The molecule has 0 aliphatic carbocycles. The first-order valence-electron chi connectivity index (χ1n) is 12.1. The zero-order valence-electron chi connectivity index (χ0n) is 20.1. The second kappa shape index (κ2) is 12.1. The summed E-state index contributed by atoms with van der Waals surface area (Å²) in [6, 6.07) is 25.1. The molecule has 4 rings (SSSR count). The number of fused-ring (bicyclic) bond motifs is 1. The van der Waals surface area contributed by atoms with Crippen LogP contribution in [0, 0.1) is 17.1 Å². The van der Waals surface area contributed by atoms with E-state index in [4.69, 9.17) is 5.26 Å². The van der Waals surface area contributed by atoms with Crippen LogP contribution in [0.3, 0.4) is 0 Å². The second-order valence-corrected chi connectivity index (χ2v) is 8.85. The summed E-state index contributed by atoms with van der Waals surface area (Å²) >= 11 is 0. The molecule has 3 aromatic carbocycles. The first-order chi connectivity index (χ1) is 17.5. The molecule has 0 aromatic heterocycles. The van der Waals surface area contributed by atoms with Crippen molar-refractivity contribution < 1.29 is 14.0 Å². The average Bonchev–Trinajstić information content (AvgIpc) is 2.90. The van der Waals surface area contributed by atoms with Gasteiger partial charge >= 0.3 is 0 Å². The van der Waals surface area contributed by atoms with Crippen molar-refractivity contribution in [3.05, 3.63) is 101 Å². The summed E-state index contributed by atoms with van der Waals surface area (Å²) in [5.41, 5.74) is 3.87. The molecule has 0 bridgehead atoms. The van der Waals surface area contributed by atoms with Crippen LogP contribution in [-0.4, -0.2) is 42.4 Å². The van der Waals surface area contributed by atoms with Gasteiger partial charge in [-0.1, -0.05) is 54.6 Å². The molecule has 0 saturated heterocycles. The normalized spacial score (nSPS) is 14.9. The van der Waals surface area contributed by atoms with Crippen molar-refractivity contribution in [2.75, 3.05) is 24.5 Å². The van der Waals surface area contributed by atoms with E-state index in [0.29, 0.717) is 25.9 Å². The summed E-state index contributed by atoms with van der Waals surface area (Å²) in [4.78, 5) is 30.2. The Labute approximate surface area is 211 Å². The van der Waals surface area contributed by atoms with E-state index in [1.54, 1.807) is 17.0 Å². The van der Waals surface area contributed by atoms with E-state index >= 15 is 0 Å². The molecule has 1 aliphatic rings. The van der Waals surface area contributed by atoms with E-state index in [-0.39, 0.29) is 37.1 Å². The Bertz CT molecular complexity index is 1220. The maximum Gasteiger partial charge on any atom is 0.241 e. The maximum atomic E-state index is 13.4. The Morgan fingerprint density at radius 1 is 1.00 bits per heavy atom. The van der Waals surface area contributed by atoms with Gasteiger partial charge in [-0.05, 0) is 53.8 Å².